The zero-order chi connectivity index (χ0) is 17.7. The van der Waals surface area contributed by atoms with Gasteiger partial charge in [0.15, 0.2) is 0 Å². The molecule has 0 aromatic heterocycles. The quantitative estimate of drug-likeness (QED) is 0.658. The summed E-state index contributed by atoms with van der Waals surface area (Å²) in [5.74, 6) is 0.396. The summed E-state index contributed by atoms with van der Waals surface area (Å²) in [5.41, 5.74) is 1.18. The number of carbonyl (C=O) groups excluding carboxylic acids is 1. The van der Waals surface area contributed by atoms with Crippen molar-refractivity contribution in [3.8, 4) is 0 Å². The molecule has 25 heavy (non-hydrogen) atoms. The van der Waals surface area contributed by atoms with Gasteiger partial charge in [-0.3, -0.25) is 4.79 Å². The third-order valence-corrected chi connectivity index (χ3v) is 6.37. The number of carbonyl (C=O) groups is 1. The Morgan fingerprint density at radius 3 is 1.84 bits per heavy atom. The minimum Gasteiger partial charge on any atom is -0.337 e. The van der Waals surface area contributed by atoms with Crippen LogP contribution in [-0.4, -0.2) is 22.9 Å². The van der Waals surface area contributed by atoms with Crippen molar-refractivity contribution >= 4 is 5.91 Å². The van der Waals surface area contributed by atoms with E-state index < -0.39 is 0 Å². The lowest BCUT2D eigenvalue weighted by Crippen LogP contribution is -2.50. The SMILES string of the molecule is CC(C)(CC(=O)N(C1CCCCC1)C1CCCCC1)c1ccccc1. The zero-order valence-electron chi connectivity index (χ0n) is 16.2. The van der Waals surface area contributed by atoms with Crippen molar-refractivity contribution in [1.82, 2.24) is 4.90 Å². The highest BCUT2D eigenvalue weighted by molar-refractivity contribution is 5.78. The number of hydrogen-bond donors (Lipinski definition) is 0. The molecule has 1 aromatic carbocycles. The van der Waals surface area contributed by atoms with Crippen molar-refractivity contribution in [3.05, 3.63) is 35.9 Å². The summed E-state index contributed by atoms with van der Waals surface area (Å²) in [4.78, 5) is 15.8. The number of hydrogen-bond acceptors (Lipinski definition) is 1. The summed E-state index contributed by atoms with van der Waals surface area (Å²) < 4.78 is 0. The monoisotopic (exact) mass is 341 g/mol. The standard InChI is InChI=1S/C23H35NO/c1-23(2,19-12-6-3-7-13-19)18-22(25)24(20-14-8-4-9-15-20)21-16-10-5-11-17-21/h3,6-7,12-13,20-21H,4-5,8-11,14-18H2,1-2H3. The summed E-state index contributed by atoms with van der Waals surface area (Å²) in [5, 5.41) is 0. The normalized spacial score (nSPS) is 20.4. The lowest BCUT2D eigenvalue weighted by atomic mass is 9.80. The van der Waals surface area contributed by atoms with Crippen LogP contribution in [0.4, 0.5) is 0 Å². The molecule has 0 aliphatic heterocycles. The van der Waals surface area contributed by atoms with E-state index in [0.29, 0.717) is 24.4 Å². The molecule has 1 aromatic rings. The van der Waals surface area contributed by atoms with Crippen molar-refractivity contribution in [2.24, 2.45) is 0 Å². The first kappa shape index (κ1) is 18.5. The van der Waals surface area contributed by atoms with Gasteiger partial charge in [-0.2, -0.15) is 0 Å². The van der Waals surface area contributed by atoms with Crippen LogP contribution in [0.25, 0.3) is 0 Å². The summed E-state index contributed by atoms with van der Waals surface area (Å²) in [6.07, 6.45) is 13.4. The van der Waals surface area contributed by atoms with Gasteiger partial charge in [0.1, 0.15) is 0 Å². The number of nitrogens with zero attached hydrogens (tertiary/aromatic N) is 1. The third kappa shape index (κ3) is 4.65. The predicted molar refractivity (Wildman–Crippen MR) is 105 cm³/mol. The number of amides is 1. The van der Waals surface area contributed by atoms with Crippen LogP contribution >= 0.6 is 0 Å². The van der Waals surface area contributed by atoms with E-state index in [1.165, 1.54) is 69.8 Å². The first-order valence-corrected chi connectivity index (χ1v) is 10.4. The topological polar surface area (TPSA) is 20.3 Å². The molecule has 0 bridgehead atoms. The van der Waals surface area contributed by atoms with Gasteiger partial charge < -0.3 is 4.90 Å². The lowest BCUT2D eigenvalue weighted by molar-refractivity contribution is -0.139. The Morgan fingerprint density at radius 2 is 1.36 bits per heavy atom. The second-order valence-corrected chi connectivity index (χ2v) is 8.81. The van der Waals surface area contributed by atoms with Crippen LogP contribution in [0.1, 0.15) is 90.0 Å². The molecule has 2 aliphatic rings. The third-order valence-electron chi connectivity index (χ3n) is 6.37. The maximum absolute atomic E-state index is 13.5. The van der Waals surface area contributed by atoms with E-state index in [2.05, 4.69) is 49.1 Å². The summed E-state index contributed by atoms with van der Waals surface area (Å²) >= 11 is 0. The first-order valence-electron chi connectivity index (χ1n) is 10.4. The van der Waals surface area contributed by atoms with Crippen LogP contribution < -0.4 is 0 Å². The molecular weight excluding hydrogens is 306 g/mol. The summed E-state index contributed by atoms with van der Waals surface area (Å²) in [7, 11) is 0. The maximum atomic E-state index is 13.5. The van der Waals surface area contributed by atoms with Crippen molar-refractivity contribution in [2.45, 2.75) is 102 Å². The van der Waals surface area contributed by atoms with Crippen molar-refractivity contribution in [3.63, 3.8) is 0 Å². The minimum absolute atomic E-state index is 0.0973. The van der Waals surface area contributed by atoms with Gasteiger partial charge in [0.2, 0.25) is 5.91 Å². The largest absolute Gasteiger partial charge is 0.337 e. The first-order chi connectivity index (χ1) is 12.1. The van der Waals surface area contributed by atoms with Crippen LogP contribution in [0, 0.1) is 0 Å². The fourth-order valence-electron chi connectivity index (χ4n) is 4.88. The van der Waals surface area contributed by atoms with Crippen LogP contribution in [0.2, 0.25) is 0 Å². The van der Waals surface area contributed by atoms with Gasteiger partial charge in [0, 0.05) is 18.5 Å². The molecule has 0 N–H and O–H groups in total. The Labute approximate surface area is 154 Å². The Kier molecular flexibility index (Phi) is 6.19. The average Bonchev–Trinajstić information content (AvgIpc) is 2.64. The van der Waals surface area contributed by atoms with Gasteiger partial charge in [0.05, 0.1) is 0 Å². The molecule has 2 saturated carbocycles. The van der Waals surface area contributed by atoms with Crippen LogP contribution in [0.5, 0.6) is 0 Å². The molecule has 0 spiro atoms. The Balaban J connectivity index is 1.75. The zero-order valence-corrected chi connectivity index (χ0v) is 16.2. The highest BCUT2D eigenvalue weighted by Crippen LogP contribution is 2.34. The van der Waals surface area contributed by atoms with Crippen LogP contribution in [0.3, 0.4) is 0 Å². The predicted octanol–water partition coefficient (Wildman–Crippen LogP) is 5.85. The lowest BCUT2D eigenvalue weighted by Gasteiger charge is -2.43. The smallest absolute Gasteiger partial charge is 0.223 e. The molecule has 2 heteroatoms. The summed E-state index contributed by atoms with van der Waals surface area (Å²) in [6.45, 7) is 4.44. The van der Waals surface area contributed by atoms with Crippen molar-refractivity contribution in [1.29, 1.82) is 0 Å². The van der Waals surface area contributed by atoms with Gasteiger partial charge in [-0.05, 0) is 36.7 Å². The van der Waals surface area contributed by atoms with Crippen molar-refractivity contribution in [2.75, 3.05) is 0 Å². The molecule has 3 rings (SSSR count). The Hall–Kier alpha value is -1.31. The fourth-order valence-corrected chi connectivity index (χ4v) is 4.88. The average molecular weight is 342 g/mol. The Bertz CT molecular complexity index is 520. The van der Waals surface area contributed by atoms with Gasteiger partial charge in [-0.1, -0.05) is 82.7 Å². The molecule has 2 nitrogen and oxygen atoms in total. The van der Waals surface area contributed by atoms with E-state index in [0.717, 1.165) is 0 Å². The number of rotatable bonds is 5. The van der Waals surface area contributed by atoms with E-state index in [1.807, 2.05) is 0 Å². The molecule has 138 valence electrons. The molecule has 0 heterocycles. The van der Waals surface area contributed by atoms with Crippen LogP contribution in [0.15, 0.2) is 30.3 Å². The van der Waals surface area contributed by atoms with Crippen LogP contribution in [-0.2, 0) is 10.2 Å². The molecule has 1 amide bonds. The molecule has 0 atom stereocenters. The second kappa shape index (κ2) is 8.38. The van der Waals surface area contributed by atoms with Gasteiger partial charge in [0.25, 0.3) is 0 Å². The second-order valence-electron chi connectivity index (χ2n) is 8.81. The number of benzene rings is 1. The molecule has 0 radical (unpaired) electrons. The van der Waals surface area contributed by atoms with Crippen molar-refractivity contribution < 1.29 is 4.79 Å². The van der Waals surface area contributed by atoms with E-state index in [-0.39, 0.29) is 5.41 Å². The maximum Gasteiger partial charge on any atom is 0.223 e. The highest BCUT2D eigenvalue weighted by atomic mass is 16.2. The molecule has 0 unspecified atom stereocenters. The minimum atomic E-state index is -0.0973. The highest BCUT2D eigenvalue weighted by Gasteiger charge is 2.35. The Morgan fingerprint density at radius 1 is 0.880 bits per heavy atom. The van der Waals surface area contributed by atoms with Gasteiger partial charge in [-0.15, -0.1) is 0 Å². The van der Waals surface area contributed by atoms with E-state index in [4.69, 9.17) is 0 Å². The molecule has 2 fully saturated rings. The molecular formula is C23H35NO. The van der Waals surface area contributed by atoms with E-state index >= 15 is 0 Å². The summed E-state index contributed by atoms with van der Waals surface area (Å²) in [6, 6.07) is 11.5. The van der Waals surface area contributed by atoms with Gasteiger partial charge >= 0.3 is 0 Å². The molecule has 0 saturated heterocycles. The van der Waals surface area contributed by atoms with E-state index in [9.17, 15) is 4.79 Å². The van der Waals surface area contributed by atoms with Gasteiger partial charge in [-0.25, -0.2) is 0 Å². The molecule has 2 aliphatic carbocycles. The fraction of sp³-hybridized carbons (Fsp3) is 0.696. The van der Waals surface area contributed by atoms with E-state index in [1.54, 1.807) is 0 Å².